The van der Waals surface area contributed by atoms with E-state index >= 15 is 0 Å². The number of aliphatic carboxylic acids is 1. The van der Waals surface area contributed by atoms with Crippen molar-refractivity contribution in [1.29, 1.82) is 0 Å². The summed E-state index contributed by atoms with van der Waals surface area (Å²) in [5, 5.41) is 10.6. The second-order valence-electron chi connectivity index (χ2n) is 6.85. The molecule has 0 aliphatic carbocycles. The van der Waals surface area contributed by atoms with Crippen LogP contribution in [0.3, 0.4) is 0 Å². The number of benzene rings is 3. The summed E-state index contributed by atoms with van der Waals surface area (Å²) in [6.07, 6.45) is 1.29. The molecule has 0 saturated heterocycles. The van der Waals surface area contributed by atoms with Gasteiger partial charge in [0, 0.05) is 5.39 Å². The van der Waals surface area contributed by atoms with Gasteiger partial charge in [-0.2, -0.15) is 0 Å². The summed E-state index contributed by atoms with van der Waals surface area (Å²) >= 11 is 0. The van der Waals surface area contributed by atoms with Crippen molar-refractivity contribution in [3.05, 3.63) is 107 Å². The minimum Gasteiger partial charge on any atom is -0.487 e. The summed E-state index contributed by atoms with van der Waals surface area (Å²) in [5.74, 6) is -2.66. The highest BCUT2D eigenvalue weighted by atomic mass is 19.2. The van der Waals surface area contributed by atoms with Gasteiger partial charge in [-0.25, -0.2) is 18.6 Å². The first-order valence-electron chi connectivity index (χ1n) is 9.47. The molecule has 154 valence electrons. The number of aromatic nitrogens is 1. The number of para-hydroxylation sites is 1. The van der Waals surface area contributed by atoms with Crippen LogP contribution >= 0.6 is 0 Å². The van der Waals surface area contributed by atoms with Gasteiger partial charge in [-0.1, -0.05) is 42.5 Å². The van der Waals surface area contributed by atoms with Gasteiger partial charge >= 0.3 is 5.97 Å². The number of ether oxygens (including phenoxy) is 1. The average molecular weight is 417 g/mol. The molecule has 3 aromatic carbocycles. The number of carbonyl (C=O) groups is 1. The van der Waals surface area contributed by atoms with Crippen molar-refractivity contribution < 1.29 is 23.4 Å². The largest absolute Gasteiger partial charge is 0.487 e. The zero-order chi connectivity index (χ0) is 21.8. The third-order valence-electron chi connectivity index (χ3n) is 4.69. The number of rotatable bonds is 6. The smallest absolute Gasteiger partial charge is 0.336 e. The van der Waals surface area contributed by atoms with E-state index in [4.69, 9.17) is 4.74 Å². The van der Waals surface area contributed by atoms with Crippen LogP contribution in [0.5, 0.6) is 5.75 Å². The van der Waals surface area contributed by atoms with E-state index in [0.717, 1.165) is 28.7 Å². The van der Waals surface area contributed by atoms with E-state index in [1.807, 2.05) is 36.4 Å². The molecule has 0 fully saturated rings. The SMILES string of the molecule is O=C(O)/C(=C/c1ccc(F)c(F)c1)c1ccc(OCc2ccc3ccccc3n2)cc1. The highest BCUT2D eigenvalue weighted by Crippen LogP contribution is 2.23. The fraction of sp³-hybridized carbons (Fsp3) is 0.0400. The van der Waals surface area contributed by atoms with E-state index < -0.39 is 17.6 Å². The van der Waals surface area contributed by atoms with Crippen LogP contribution in [0, 0.1) is 11.6 Å². The Labute approximate surface area is 177 Å². The topological polar surface area (TPSA) is 59.4 Å². The van der Waals surface area contributed by atoms with Gasteiger partial charge < -0.3 is 9.84 Å². The predicted octanol–water partition coefficient (Wildman–Crippen LogP) is 5.72. The molecule has 1 N–H and O–H groups in total. The maximum atomic E-state index is 13.4. The van der Waals surface area contributed by atoms with Crippen LogP contribution in [0.4, 0.5) is 8.78 Å². The van der Waals surface area contributed by atoms with Crippen LogP contribution in [0.2, 0.25) is 0 Å². The summed E-state index contributed by atoms with van der Waals surface area (Å²) < 4.78 is 32.3. The molecule has 0 aliphatic heterocycles. The fourth-order valence-electron chi connectivity index (χ4n) is 3.11. The second kappa shape index (κ2) is 8.75. The number of hydrogen-bond donors (Lipinski definition) is 1. The lowest BCUT2D eigenvalue weighted by atomic mass is 10.0. The summed E-state index contributed by atoms with van der Waals surface area (Å²) in [6, 6.07) is 21.4. The minimum atomic E-state index is -1.18. The molecule has 0 bridgehead atoms. The molecule has 0 radical (unpaired) electrons. The van der Waals surface area contributed by atoms with Gasteiger partial charge in [0.25, 0.3) is 0 Å². The van der Waals surface area contributed by atoms with E-state index in [0.29, 0.717) is 11.3 Å². The van der Waals surface area contributed by atoms with Gasteiger partial charge in [0.1, 0.15) is 12.4 Å². The molecule has 4 nitrogen and oxygen atoms in total. The van der Waals surface area contributed by atoms with Gasteiger partial charge in [0.15, 0.2) is 11.6 Å². The Balaban J connectivity index is 1.50. The van der Waals surface area contributed by atoms with Crippen LogP contribution in [0.25, 0.3) is 22.6 Å². The Morgan fingerprint density at radius 1 is 0.935 bits per heavy atom. The van der Waals surface area contributed by atoms with Gasteiger partial charge in [0.2, 0.25) is 0 Å². The Bertz CT molecular complexity index is 1280. The molecule has 0 atom stereocenters. The molecule has 4 aromatic rings. The summed E-state index contributed by atoms with van der Waals surface area (Å²) in [5.41, 5.74) is 2.26. The number of carboxylic acid groups (broad SMARTS) is 1. The molecule has 0 unspecified atom stereocenters. The Kier molecular flexibility index (Phi) is 5.71. The third-order valence-corrected chi connectivity index (χ3v) is 4.69. The monoisotopic (exact) mass is 417 g/mol. The first-order chi connectivity index (χ1) is 15.0. The zero-order valence-electron chi connectivity index (χ0n) is 16.3. The van der Waals surface area contributed by atoms with Crippen LogP contribution in [-0.4, -0.2) is 16.1 Å². The molecule has 0 saturated carbocycles. The van der Waals surface area contributed by atoms with E-state index in [9.17, 15) is 18.7 Å². The minimum absolute atomic E-state index is 0.0474. The van der Waals surface area contributed by atoms with Gasteiger partial charge in [-0.15, -0.1) is 0 Å². The third kappa shape index (κ3) is 4.75. The summed E-state index contributed by atoms with van der Waals surface area (Å²) in [7, 11) is 0. The lowest BCUT2D eigenvalue weighted by Crippen LogP contribution is -2.01. The predicted molar refractivity (Wildman–Crippen MR) is 114 cm³/mol. The fourth-order valence-corrected chi connectivity index (χ4v) is 3.11. The number of halogens is 2. The lowest BCUT2D eigenvalue weighted by molar-refractivity contribution is -0.130. The molecular weight excluding hydrogens is 400 g/mol. The van der Waals surface area contributed by atoms with Crippen molar-refractivity contribution in [2.45, 2.75) is 6.61 Å². The standard InChI is InChI=1S/C25H17F2NO3/c26-22-12-5-16(14-23(22)27)13-21(25(29)30)17-7-10-20(11-8-17)31-15-19-9-6-18-3-1-2-4-24(18)28-19/h1-14H,15H2,(H,29,30)/b21-13+. The quantitative estimate of drug-likeness (QED) is 0.322. The van der Waals surface area contributed by atoms with Gasteiger partial charge in [-0.3, -0.25) is 0 Å². The molecule has 31 heavy (non-hydrogen) atoms. The molecule has 1 aromatic heterocycles. The Morgan fingerprint density at radius 2 is 1.71 bits per heavy atom. The van der Waals surface area contributed by atoms with Crippen LogP contribution in [0.1, 0.15) is 16.8 Å². The molecule has 0 aliphatic rings. The zero-order valence-corrected chi connectivity index (χ0v) is 16.3. The molecule has 0 spiro atoms. The summed E-state index contributed by atoms with van der Waals surface area (Å²) in [4.78, 5) is 16.2. The average Bonchev–Trinajstić information content (AvgIpc) is 2.78. The summed E-state index contributed by atoms with van der Waals surface area (Å²) in [6.45, 7) is 0.265. The van der Waals surface area contributed by atoms with E-state index in [1.54, 1.807) is 24.3 Å². The molecule has 0 amide bonds. The molecule has 4 rings (SSSR count). The molecule has 1 heterocycles. The van der Waals surface area contributed by atoms with Crippen molar-refractivity contribution >= 4 is 28.5 Å². The van der Waals surface area contributed by atoms with Crippen molar-refractivity contribution in [2.75, 3.05) is 0 Å². The lowest BCUT2D eigenvalue weighted by Gasteiger charge is -2.08. The highest BCUT2D eigenvalue weighted by molar-refractivity contribution is 6.20. The number of fused-ring (bicyclic) bond motifs is 1. The second-order valence-corrected chi connectivity index (χ2v) is 6.85. The van der Waals surface area contributed by atoms with Crippen molar-refractivity contribution in [2.24, 2.45) is 0 Å². The maximum absolute atomic E-state index is 13.4. The first kappa shape index (κ1) is 20.2. The van der Waals surface area contributed by atoms with Crippen LogP contribution < -0.4 is 4.74 Å². The van der Waals surface area contributed by atoms with Crippen molar-refractivity contribution in [1.82, 2.24) is 4.98 Å². The number of pyridine rings is 1. The van der Waals surface area contributed by atoms with Crippen LogP contribution in [-0.2, 0) is 11.4 Å². The Hall–Kier alpha value is -4.06. The molecular formula is C25H17F2NO3. The van der Waals surface area contributed by atoms with Crippen LogP contribution in [0.15, 0.2) is 78.9 Å². The normalized spacial score (nSPS) is 11.5. The first-order valence-corrected chi connectivity index (χ1v) is 9.47. The van der Waals surface area contributed by atoms with Crippen molar-refractivity contribution in [3.63, 3.8) is 0 Å². The number of hydrogen-bond acceptors (Lipinski definition) is 3. The van der Waals surface area contributed by atoms with Gasteiger partial charge in [0.05, 0.1) is 16.8 Å². The van der Waals surface area contributed by atoms with E-state index in [1.165, 1.54) is 12.1 Å². The number of nitrogens with zero attached hydrogens (tertiary/aromatic N) is 1. The molecule has 6 heteroatoms. The van der Waals surface area contributed by atoms with E-state index in [2.05, 4.69) is 4.98 Å². The maximum Gasteiger partial charge on any atom is 0.336 e. The number of carboxylic acids is 1. The van der Waals surface area contributed by atoms with Crippen molar-refractivity contribution in [3.8, 4) is 5.75 Å². The highest BCUT2D eigenvalue weighted by Gasteiger charge is 2.12. The van der Waals surface area contributed by atoms with Gasteiger partial charge in [-0.05, 0) is 53.6 Å². The Morgan fingerprint density at radius 3 is 2.45 bits per heavy atom. The van der Waals surface area contributed by atoms with E-state index in [-0.39, 0.29) is 17.7 Å².